The standard InChI is InChI=1S/C28H23ClN8O2/c29-21-7-10-25(37-17-32-35-36-37)20(15-21)6-11-26(38)34-24(14-18-4-2-1-3-5-18)28(39)33-22-8-9-23-19(16-22)12-13-31-27(23)30/h1-13,15-17,24H,14H2,(H2,30,31)(H,33,39)(H,34,38). The molecule has 0 radical (unpaired) electrons. The van der Waals surface area contributed by atoms with E-state index in [4.69, 9.17) is 17.3 Å². The first-order valence-corrected chi connectivity index (χ1v) is 12.3. The molecular formula is C28H23ClN8O2. The minimum atomic E-state index is -0.846. The van der Waals surface area contributed by atoms with Crippen molar-refractivity contribution in [1.82, 2.24) is 30.5 Å². The van der Waals surface area contributed by atoms with Gasteiger partial charge in [0.2, 0.25) is 11.8 Å². The quantitative estimate of drug-likeness (QED) is 0.255. The largest absolute Gasteiger partial charge is 0.383 e. The molecule has 0 bridgehead atoms. The Morgan fingerprint density at radius 3 is 2.69 bits per heavy atom. The van der Waals surface area contributed by atoms with Crippen molar-refractivity contribution < 1.29 is 9.59 Å². The number of carbonyl (C=O) groups excluding carboxylic acids is 2. The van der Waals surface area contributed by atoms with E-state index in [1.807, 2.05) is 42.5 Å². The number of fused-ring (bicyclic) bond motifs is 1. The third-order valence-corrected chi connectivity index (χ3v) is 6.21. The van der Waals surface area contributed by atoms with E-state index in [-0.39, 0.29) is 5.91 Å². The Hall–Kier alpha value is -5.09. The number of nitrogens with two attached hydrogens (primary N) is 1. The first-order valence-electron chi connectivity index (χ1n) is 12.0. The van der Waals surface area contributed by atoms with Crippen LogP contribution in [0.3, 0.4) is 0 Å². The highest BCUT2D eigenvalue weighted by Crippen LogP contribution is 2.23. The summed E-state index contributed by atoms with van der Waals surface area (Å²) < 4.78 is 1.47. The first-order chi connectivity index (χ1) is 19.0. The van der Waals surface area contributed by atoms with Crippen LogP contribution in [0.25, 0.3) is 22.5 Å². The molecule has 2 amide bonds. The summed E-state index contributed by atoms with van der Waals surface area (Å²) in [5, 5.41) is 19.1. The Labute approximate surface area is 228 Å². The summed E-state index contributed by atoms with van der Waals surface area (Å²) in [6, 6.07) is 20.9. The molecule has 194 valence electrons. The number of benzene rings is 3. The lowest BCUT2D eigenvalue weighted by atomic mass is 10.0. The van der Waals surface area contributed by atoms with Crippen molar-refractivity contribution in [1.29, 1.82) is 0 Å². The van der Waals surface area contributed by atoms with E-state index < -0.39 is 11.9 Å². The average Bonchev–Trinajstić information content (AvgIpc) is 3.47. The summed E-state index contributed by atoms with van der Waals surface area (Å²) in [6.45, 7) is 0. The van der Waals surface area contributed by atoms with Gasteiger partial charge in [-0.25, -0.2) is 4.98 Å². The number of aromatic nitrogens is 5. The van der Waals surface area contributed by atoms with Crippen molar-refractivity contribution in [3.8, 4) is 5.69 Å². The number of pyridine rings is 1. The molecule has 3 aromatic carbocycles. The molecule has 39 heavy (non-hydrogen) atoms. The second-order valence-electron chi connectivity index (χ2n) is 8.66. The highest BCUT2D eigenvalue weighted by atomic mass is 35.5. The van der Waals surface area contributed by atoms with Crippen molar-refractivity contribution in [2.45, 2.75) is 12.5 Å². The van der Waals surface area contributed by atoms with Gasteiger partial charge >= 0.3 is 0 Å². The SMILES string of the molecule is Nc1nccc2cc(NC(=O)C(Cc3ccccc3)NC(=O)C=Cc3cc(Cl)ccc3-n3cnnn3)ccc12. The number of amides is 2. The molecule has 10 nitrogen and oxygen atoms in total. The number of nitrogens with zero attached hydrogens (tertiary/aromatic N) is 5. The third kappa shape index (κ3) is 6.25. The van der Waals surface area contributed by atoms with E-state index in [1.165, 1.54) is 17.1 Å². The highest BCUT2D eigenvalue weighted by Gasteiger charge is 2.21. The zero-order chi connectivity index (χ0) is 27.2. The summed E-state index contributed by atoms with van der Waals surface area (Å²) in [6.07, 6.45) is 6.29. The van der Waals surface area contributed by atoms with Crippen LogP contribution in [0, 0.1) is 0 Å². The molecule has 0 fully saturated rings. The van der Waals surface area contributed by atoms with Crippen LogP contribution >= 0.6 is 11.6 Å². The number of halogens is 1. The van der Waals surface area contributed by atoms with Gasteiger partial charge in [0.25, 0.3) is 0 Å². The first kappa shape index (κ1) is 25.6. The minimum Gasteiger partial charge on any atom is -0.383 e. The summed E-state index contributed by atoms with van der Waals surface area (Å²) in [5.41, 5.74) is 8.68. The summed E-state index contributed by atoms with van der Waals surface area (Å²) in [4.78, 5) is 30.4. The van der Waals surface area contributed by atoms with E-state index in [0.717, 1.165) is 16.3 Å². The molecule has 5 aromatic rings. The van der Waals surface area contributed by atoms with Gasteiger partial charge in [0.05, 0.1) is 5.69 Å². The van der Waals surface area contributed by atoms with Crippen LogP contribution < -0.4 is 16.4 Å². The number of anilines is 2. The Morgan fingerprint density at radius 2 is 1.90 bits per heavy atom. The van der Waals surface area contributed by atoms with Gasteiger partial charge in [0.1, 0.15) is 18.2 Å². The van der Waals surface area contributed by atoms with Crippen molar-refractivity contribution in [3.05, 3.63) is 108 Å². The maximum absolute atomic E-state index is 13.4. The Kier molecular flexibility index (Phi) is 7.56. The molecule has 0 aliphatic heterocycles. The smallest absolute Gasteiger partial charge is 0.247 e. The summed E-state index contributed by atoms with van der Waals surface area (Å²) in [5.74, 6) is -0.403. The van der Waals surface area contributed by atoms with E-state index in [9.17, 15) is 9.59 Å². The van der Waals surface area contributed by atoms with E-state index in [1.54, 1.807) is 42.6 Å². The lowest BCUT2D eigenvalue weighted by Crippen LogP contribution is -2.44. The van der Waals surface area contributed by atoms with Crippen molar-refractivity contribution in [3.63, 3.8) is 0 Å². The molecule has 1 unspecified atom stereocenters. The predicted molar refractivity (Wildman–Crippen MR) is 150 cm³/mol. The van der Waals surface area contributed by atoms with Gasteiger partial charge in [-0.3, -0.25) is 9.59 Å². The van der Waals surface area contributed by atoms with Crippen LogP contribution in [0.2, 0.25) is 5.02 Å². The van der Waals surface area contributed by atoms with Gasteiger partial charge in [-0.15, -0.1) is 5.10 Å². The number of hydrogen-bond acceptors (Lipinski definition) is 7. The van der Waals surface area contributed by atoms with Crippen LogP contribution in [-0.2, 0) is 16.0 Å². The minimum absolute atomic E-state index is 0.295. The fraction of sp³-hybridized carbons (Fsp3) is 0.0714. The molecule has 11 heteroatoms. The molecule has 2 aromatic heterocycles. The number of nitrogens with one attached hydrogen (secondary N) is 2. The lowest BCUT2D eigenvalue weighted by Gasteiger charge is -2.18. The van der Waals surface area contributed by atoms with E-state index in [0.29, 0.717) is 34.2 Å². The Bertz CT molecular complexity index is 1660. The zero-order valence-corrected chi connectivity index (χ0v) is 21.3. The summed E-state index contributed by atoms with van der Waals surface area (Å²) in [7, 11) is 0. The molecule has 0 spiro atoms. The van der Waals surface area contributed by atoms with Gasteiger partial charge in [-0.05, 0) is 69.9 Å². The van der Waals surface area contributed by atoms with E-state index >= 15 is 0 Å². The topological polar surface area (TPSA) is 141 Å². The molecule has 0 saturated heterocycles. The Balaban J connectivity index is 1.36. The van der Waals surface area contributed by atoms with Gasteiger partial charge < -0.3 is 16.4 Å². The number of rotatable bonds is 8. The van der Waals surface area contributed by atoms with Crippen LogP contribution in [0.1, 0.15) is 11.1 Å². The van der Waals surface area contributed by atoms with Gasteiger partial charge in [0, 0.05) is 40.4 Å². The van der Waals surface area contributed by atoms with Crippen LogP contribution in [0.4, 0.5) is 11.5 Å². The monoisotopic (exact) mass is 538 g/mol. The second-order valence-corrected chi connectivity index (χ2v) is 9.10. The van der Waals surface area contributed by atoms with Crippen molar-refractivity contribution in [2.24, 2.45) is 0 Å². The fourth-order valence-electron chi connectivity index (χ4n) is 4.09. The normalized spacial score (nSPS) is 11.9. The fourth-order valence-corrected chi connectivity index (χ4v) is 4.27. The van der Waals surface area contributed by atoms with E-state index in [2.05, 4.69) is 31.1 Å². The maximum atomic E-state index is 13.4. The number of carbonyl (C=O) groups is 2. The zero-order valence-electron chi connectivity index (χ0n) is 20.5. The van der Waals surface area contributed by atoms with Crippen molar-refractivity contribution >= 4 is 51.8 Å². The number of hydrogen-bond donors (Lipinski definition) is 3. The summed E-state index contributed by atoms with van der Waals surface area (Å²) >= 11 is 6.17. The molecule has 2 heterocycles. The van der Waals surface area contributed by atoms with Crippen LogP contribution in [0.5, 0.6) is 0 Å². The highest BCUT2D eigenvalue weighted by molar-refractivity contribution is 6.30. The molecule has 0 aliphatic carbocycles. The number of tetrazole rings is 1. The van der Waals surface area contributed by atoms with Gasteiger partial charge in [-0.1, -0.05) is 41.9 Å². The molecular weight excluding hydrogens is 516 g/mol. The molecule has 1 atom stereocenters. The van der Waals surface area contributed by atoms with Gasteiger partial charge in [-0.2, -0.15) is 4.68 Å². The predicted octanol–water partition coefficient (Wildman–Crippen LogP) is 3.83. The lowest BCUT2D eigenvalue weighted by molar-refractivity contribution is -0.123. The maximum Gasteiger partial charge on any atom is 0.247 e. The van der Waals surface area contributed by atoms with Crippen LogP contribution in [0.15, 0.2) is 91.4 Å². The third-order valence-electron chi connectivity index (χ3n) is 5.98. The van der Waals surface area contributed by atoms with Gasteiger partial charge in [0.15, 0.2) is 0 Å². The molecule has 0 saturated carbocycles. The average molecular weight is 539 g/mol. The number of nitrogen functional groups attached to an aromatic ring is 1. The van der Waals surface area contributed by atoms with Crippen molar-refractivity contribution in [2.75, 3.05) is 11.1 Å². The molecule has 0 aliphatic rings. The Morgan fingerprint density at radius 1 is 1.05 bits per heavy atom. The second kappa shape index (κ2) is 11.5. The molecule has 5 rings (SSSR count). The van der Waals surface area contributed by atoms with Crippen LogP contribution in [-0.4, -0.2) is 43.0 Å². The molecule has 4 N–H and O–H groups in total.